The van der Waals surface area contributed by atoms with Crippen molar-refractivity contribution in [1.82, 2.24) is 14.6 Å². The monoisotopic (exact) mass is 471 g/mol. The highest BCUT2D eigenvalue weighted by Crippen LogP contribution is 2.19. The van der Waals surface area contributed by atoms with Crippen LogP contribution in [0.15, 0.2) is 29.6 Å². The van der Waals surface area contributed by atoms with Gasteiger partial charge in [-0.15, -0.1) is 11.3 Å². The van der Waals surface area contributed by atoms with Crippen LogP contribution in [0.5, 0.6) is 5.75 Å². The van der Waals surface area contributed by atoms with Gasteiger partial charge in [0.1, 0.15) is 17.4 Å². The Kier molecular flexibility index (Phi) is 8.10. The van der Waals surface area contributed by atoms with E-state index in [-0.39, 0.29) is 24.1 Å². The van der Waals surface area contributed by atoms with Gasteiger partial charge in [0.15, 0.2) is 0 Å². The van der Waals surface area contributed by atoms with Crippen molar-refractivity contribution in [1.29, 1.82) is 0 Å². The molecule has 2 heterocycles. The number of likely N-dealkylation sites (tertiary alicyclic amines) is 1. The van der Waals surface area contributed by atoms with Gasteiger partial charge in [-0.1, -0.05) is 18.5 Å². The third kappa shape index (κ3) is 6.94. The number of hydrogen-bond acceptors (Lipinski definition) is 6. The molecule has 0 radical (unpaired) electrons. The molecule has 10 heteroatoms. The molecule has 0 unspecified atom stereocenters. The molecule has 30 heavy (non-hydrogen) atoms. The molecule has 0 atom stereocenters. The van der Waals surface area contributed by atoms with Crippen LogP contribution in [0.1, 0.15) is 36.9 Å². The van der Waals surface area contributed by atoms with E-state index in [9.17, 15) is 13.2 Å². The van der Waals surface area contributed by atoms with Gasteiger partial charge >= 0.3 is 0 Å². The van der Waals surface area contributed by atoms with Gasteiger partial charge in [0, 0.05) is 29.5 Å². The number of nitrogens with zero attached hydrogens (tertiary/aromatic N) is 2. The standard InChI is InChI=1S/C20H26ClN3O4S2/c1-2-11-30(26,27)23-16-7-9-24(10-8-16)20(25)12-17-14-29-19(22-17)13-28-18-5-3-15(21)4-6-18/h3-6,14,16,23H,2,7-13H2,1H3. The summed E-state index contributed by atoms with van der Waals surface area (Å²) in [5.74, 6) is 0.866. The highest BCUT2D eigenvalue weighted by molar-refractivity contribution is 7.89. The quantitative estimate of drug-likeness (QED) is 0.606. The van der Waals surface area contributed by atoms with E-state index in [2.05, 4.69) is 9.71 Å². The Balaban J connectivity index is 1.44. The van der Waals surface area contributed by atoms with Crippen molar-refractivity contribution in [2.45, 2.75) is 45.3 Å². The number of piperidine rings is 1. The summed E-state index contributed by atoms with van der Waals surface area (Å²) < 4.78 is 32.2. The van der Waals surface area contributed by atoms with Crippen LogP contribution < -0.4 is 9.46 Å². The first kappa shape index (κ1) is 23.0. The van der Waals surface area contributed by atoms with Gasteiger partial charge in [-0.05, 0) is 43.5 Å². The number of aromatic nitrogens is 1. The lowest BCUT2D eigenvalue weighted by Gasteiger charge is -2.32. The van der Waals surface area contributed by atoms with Crippen molar-refractivity contribution >= 4 is 38.9 Å². The van der Waals surface area contributed by atoms with Gasteiger partial charge in [-0.3, -0.25) is 4.79 Å². The minimum Gasteiger partial charge on any atom is -0.486 e. The number of halogens is 1. The summed E-state index contributed by atoms with van der Waals surface area (Å²) >= 11 is 7.32. The normalized spacial score (nSPS) is 15.3. The first-order valence-corrected chi connectivity index (χ1v) is 12.8. The third-order valence-electron chi connectivity index (χ3n) is 4.77. The zero-order chi connectivity index (χ0) is 21.6. The highest BCUT2D eigenvalue weighted by atomic mass is 35.5. The molecule has 164 valence electrons. The number of sulfonamides is 1. The van der Waals surface area contributed by atoms with Crippen LogP contribution in [-0.2, 0) is 27.8 Å². The summed E-state index contributed by atoms with van der Waals surface area (Å²) in [7, 11) is -3.22. The van der Waals surface area contributed by atoms with Crippen LogP contribution in [0.2, 0.25) is 5.02 Å². The molecular formula is C20H26ClN3O4S2. The summed E-state index contributed by atoms with van der Waals surface area (Å²) in [6.45, 7) is 3.28. The molecule has 1 amide bonds. The number of amides is 1. The fourth-order valence-electron chi connectivity index (χ4n) is 3.27. The first-order valence-electron chi connectivity index (χ1n) is 9.94. The maximum absolute atomic E-state index is 12.6. The maximum Gasteiger partial charge on any atom is 0.228 e. The number of carbonyl (C=O) groups excluding carboxylic acids is 1. The Labute approximate surface area is 186 Å². The van der Waals surface area contributed by atoms with E-state index in [1.54, 1.807) is 29.2 Å². The minimum absolute atomic E-state index is 0.0142. The molecule has 0 aliphatic carbocycles. The average molecular weight is 472 g/mol. The molecular weight excluding hydrogens is 446 g/mol. The molecule has 0 spiro atoms. The van der Waals surface area contributed by atoms with E-state index < -0.39 is 10.0 Å². The van der Waals surface area contributed by atoms with E-state index in [0.29, 0.717) is 49.7 Å². The Hall–Kier alpha value is -1.68. The summed E-state index contributed by atoms with van der Waals surface area (Å²) in [5.41, 5.74) is 0.727. The Morgan fingerprint density at radius 1 is 1.30 bits per heavy atom. The van der Waals surface area contributed by atoms with Crippen molar-refractivity contribution in [2.75, 3.05) is 18.8 Å². The lowest BCUT2D eigenvalue weighted by Crippen LogP contribution is -2.47. The highest BCUT2D eigenvalue weighted by Gasteiger charge is 2.26. The number of rotatable bonds is 9. The van der Waals surface area contributed by atoms with E-state index in [4.69, 9.17) is 16.3 Å². The predicted octanol–water partition coefficient (Wildman–Crippen LogP) is 3.24. The number of carbonyl (C=O) groups is 1. The van der Waals surface area contributed by atoms with E-state index in [1.807, 2.05) is 12.3 Å². The molecule has 0 bridgehead atoms. The predicted molar refractivity (Wildman–Crippen MR) is 118 cm³/mol. The van der Waals surface area contributed by atoms with E-state index in [0.717, 1.165) is 10.7 Å². The molecule has 3 rings (SSSR count). The molecule has 1 aliphatic heterocycles. The molecule has 1 aromatic carbocycles. The lowest BCUT2D eigenvalue weighted by molar-refractivity contribution is -0.131. The largest absolute Gasteiger partial charge is 0.486 e. The van der Waals surface area contributed by atoms with Crippen molar-refractivity contribution in [3.63, 3.8) is 0 Å². The number of thiazole rings is 1. The Morgan fingerprint density at radius 2 is 2.00 bits per heavy atom. The maximum atomic E-state index is 12.6. The summed E-state index contributed by atoms with van der Waals surface area (Å²) in [6, 6.07) is 7.03. The zero-order valence-corrected chi connectivity index (χ0v) is 19.2. The first-order chi connectivity index (χ1) is 14.3. The molecule has 1 aromatic heterocycles. The van der Waals surface area contributed by atoms with Crippen molar-refractivity contribution in [3.05, 3.63) is 45.4 Å². The molecule has 0 saturated carbocycles. The second-order valence-corrected chi connectivity index (χ2v) is 10.5. The molecule has 1 aliphatic rings. The van der Waals surface area contributed by atoms with E-state index in [1.165, 1.54) is 11.3 Å². The van der Waals surface area contributed by atoms with Gasteiger partial charge in [-0.25, -0.2) is 18.1 Å². The van der Waals surface area contributed by atoms with Crippen molar-refractivity contribution < 1.29 is 17.9 Å². The van der Waals surface area contributed by atoms with Gasteiger partial charge < -0.3 is 9.64 Å². The van der Waals surface area contributed by atoms with Gasteiger partial charge in [0.25, 0.3) is 0 Å². The SMILES string of the molecule is CCCS(=O)(=O)NC1CCN(C(=O)Cc2csc(COc3ccc(Cl)cc3)n2)CC1. The van der Waals surface area contributed by atoms with Gasteiger partial charge in [0.2, 0.25) is 15.9 Å². The fraction of sp³-hybridized carbons (Fsp3) is 0.500. The molecule has 1 fully saturated rings. The lowest BCUT2D eigenvalue weighted by atomic mass is 10.1. The Bertz CT molecular complexity index is 939. The van der Waals surface area contributed by atoms with E-state index >= 15 is 0 Å². The molecule has 1 saturated heterocycles. The molecule has 2 aromatic rings. The smallest absolute Gasteiger partial charge is 0.228 e. The number of ether oxygens (including phenoxy) is 1. The van der Waals surface area contributed by atoms with Crippen molar-refractivity contribution in [3.8, 4) is 5.75 Å². The van der Waals surface area contributed by atoms with Crippen LogP contribution in [0.4, 0.5) is 0 Å². The number of benzene rings is 1. The summed E-state index contributed by atoms with van der Waals surface area (Å²) in [4.78, 5) is 18.9. The summed E-state index contributed by atoms with van der Waals surface area (Å²) in [6.07, 6.45) is 2.09. The summed E-state index contributed by atoms with van der Waals surface area (Å²) in [5, 5.41) is 3.33. The second-order valence-electron chi connectivity index (χ2n) is 7.24. The second kappa shape index (κ2) is 10.6. The van der Waals surface area contributed by atoms with Gasteiger partial charge in [-0.2, -0.15) is 0 Å². The van der Waals surface area contributed by atoms with Crippen LogP contribution in [0.3, 0.4) is 0 Å². The van der Waals surface area contributed by atoms with Crippen LogP contribution in [-0.4, -0.2) is 49.1 Å². The topological polar surface area (TPSA) is 88.6 Å². The molecule has 7 nitrogen and oxygen atoms in total. The zero-order valence-electron chi connectivity index (χ0n) is 16.8. The third-order valence-corrected chi connectivity index (χ3v) is 7.54. The van der Waals surface area contributed by atoms with Crippen LogP contribution >= 0.6 is 22.9 Å². The average Bonchev–Trinajstić information content (AvgIpc) is 3.15. The molecule has 1 N–H and O–H groups in total. The number of nitrogens with one attached hydrogen (secondary N) is 1. The fourth-order valence-corrected chi connectivity index (χ4v) is 5.50. The Morgan fingerprint density at radius 3 is 2.67 bits per heavy atom. The minimum atomic E-state index is -3.22. The van der Waals surface area contributed by atoms with Crippen molar-refractivity contribution in [2.24, 2.45) is 0 Å². The van der Waals surface area contributed by atoms with Crippen LogP contribution in [0.25, 0.3) is 0 Å². The van der Waals surface area contributed by atoms with Crippen LogP contribution in [0, 0.1) is 0 Å². The van der Waals surface area contributed by atoms with Gasteiger partial charge in [0.05, 0.1) is 17.9 Å². The number of hydrogen-bond donors (Lipinski definition) is 1.